The largest absolute Gasteiger partial charge is 0.480 e. The average molecular weight is 605 g/mol. The van der Waals surface area contributed by atoms with Crippen molar-refractivity contribution in [1.82, 2.24) is 0 Å². The van der Waals surface area contributed by atoms with Crippen molar-refractivity contribution in [2.24, 2.45) is 0 Å². The molecule has 0 saturated carbocycles. The number of aliphatic hydroxyl groups excluding tert-OH is 1. The van der Waals surface area contributed by atoms with E-state index < -0.39 is 5.60 Å². The van der Waals surface area contributed by atoms with E-state index in [2.05, 4.69) is 54.6 Å². The standard InChI is InChI=1S/C33H24N4O2S3/c1-33(2)26(25(18-36)31(39-33)21(16-34)17-35)9-8-23-12-20-13-24-29(14-28(20)40-23)41-30-15-27(42-32(24)30)19-4-6-22(7-5-19)37(3)10-11-38/h4-9,12-15,38H,10-11H2,1-3H3/b9-8+. The third kappa shape index (κ3) is 4.75. The molecule has 6 nitrogen and oxygen atoms in total. The lowest BCUT2D eigenvalue weighted by Gasteiger charge is -2.20. The van der Waals surface area contributed by atoms with Gasteiger partial charge in [-0.3, -0.25) is 0 Å². The Hall–Kier alpha value is -4.43. The van der Waals surface area contributed by atoms with Crippen molar-refractivity contribution in [2.75, 3.05) is 25.1 Å². The van der Waals surface area contributed by atoms with Gasteiger partial charge in [0, 0.05) is 54.1 Å². The Morgan fingerprint density at radius 1 is 0.952 bits per heavy atom. The van der Waals surface area contributed by atoms with Gasteiger partial charge in [0.05, 0.1) is 11.3 Å². The van der Waals surface area contributed by atoms with Gasteiger partial charge in [0.1, 0.15) is 29.4 Å². The molecule has 0 spiro atoms. The fourth-order valence-electron chi connectivity index (χ4n) is 5.14. The molecule has 5 aromatic rings. The van der Waals surface area contributed by atoms with Gasteiger partial charge in [0.15, 0.2) is 11.3 Å². The molecule has 0 fully saturated rings. The third-order valence-corrected chi connectivity index (χ3v) is 10.8. The maximum absolute atomic E-state index is 9.81. The summed E-state index contributed by atoms with van der Waals surface area (Å²) < 4.78 is 10.9. The van der Waals surface area contributed by atoms with E-state index in [4.69, 9.17) is 4.74 Å². The molecule has 4 heterocycles. The zero-order valence-electron chi connectivity index (χ0n) is 23.1. The molecule has 1 aliphatic rings. The van der Waals surface area contributed by atoms with E-state index >= 15 is 0 Å². The Balaban J connectivity index is 1.33. The van der Waals surface area contributed by atoms with Gasteiger partial charge in [0.25, 0.3) is 0 Å². The number of nitrogens with zero attached hydrogens (tertiary/aromatic N) is 4. The Bertz CT molecular complexity index is 2090. The second-order valence-corrected chi connectivity index (χ2v) is 13.7. The SMILES string of the molecule is CN(CCO)c1ccc(-c2cc3sc4cc5sc(/C=C/C6=C(C#N)C(=C(C#N)C#N)OC6(C)C)cc5cc4c3s2)cc1. The molecule has 0 aliphatic carbocycles. The number of thiophene rings is 3. The van der Waals surface area contributed by atoms with Crippen LogP contribution < -0.4 is 4.90 Å². The Kier molecular flexibility index (Phi) is 7.10. The van der Waals surface area contributed by atoms with Crippen LogP contribution in [0.2, 0.25) is 0 Å². The summed E-state index contributed by atoms with van der Waals surface area (Å²) >= 11 is 5.29. The van der Waals surface area contributed by atoms with Gasteiger partial charge in [-0.15, -0.1) is 34.0 Å². The van der Waals surface area contributed by atoms with Crippen LogP contribution in [0.15, 0.2) is 77.1 Å². The molecule has 3 aromatic heterocycles. The van der Waals surface area contributed by atoms with Crippen LogP contribution in [0.1, 0.15) is 18.7 Å². The van der Waals surface area contributed by atoms with Crippen molar-refractivity contribution in [3.8, 4) is 28.6 Å². The highest BCUT2D eigenvalue weighted by atomic mass is 32.1. The second kappa shape index (κ2) is 10.8. The van der Waals surface area contributed by atoms with Crippen molar-refractivity contribution in [1.29, 1.82) is 15.8 Å². The van der Waals surface area contributed by atoms with Crippen LogP contribution >= 0.6 is 34.0 Å². The van der Waals surface area contributed by atoms with Gasteiger partial charge < -0.3 is 14.7 Å². The number of ether oxygens (including phenoxy) is 1. The molecular formula is C33H24N4O2S3. The quantitative estimate of drug-likeness (QED) is 0.195. The Morgan fingerprint density at radius 2 is 1.71 bits per heavy atom. The molecule has 0 atom stereocenters. The number of benzene rings is 2. The lowest BCUT2D eigenvalue weighted by molar-refractivity contribution is 0.0954. The van der Waals surface area contributed by atoms with E-state index in [0.717, 1.165) is 16.0 Å². The van der Waals surface area contributed by atoms with Crippen LogP contribution in [0.5, 0.6) is 0 Å². The summed E-state index contributed by atoms with van der Waals surface area (Å²) in [6, 6.07) is 23.2. The molecule has 9 heteroatoms. The normalized spacial score (nSPS) is 14.5. The Morgan fingerprint density at radius 3 is 2.40 bits per heavy atom. The first kappa shape index (κ1) is 27.7. The van der Waals surface area contributed by atoms with Crippen molar-refractivity contribution >= 4 is 75.3 Å². The minimum atomic E-state index is -0.840. The lowest BCUT2D eigenvalue weighted by atomic mass is 9.94. The van der Waals surface area contributed by atoms with Crippen molar-refractivity contribution < 1.29 is 9.84 Å². The average Bonchev–Trinajstić information content (AvgIpc) is 3.71. The van der Waals surface area contributed by atoms with E-state index in [0.29, 0.717) is 12.1 Å². The molecule has 0 saturated heterocycles. The number of nitriles is 3. The third-order valence-electron chi connectivity index (χ3n) is 7.31. The molecule has 0 unspecified atom stereocenters. The van der Waals surface area contributed by atoms with Gasteiger partial charge in [-0.2, -0.15) is 15.8 Å². The molecule has 206 valence electrons. The highest BCUT2D eigenvalue weighted by molar-refractivity contribution is 7.34. The number of allylic oxidation sites excluding steroid dienone is 2. The summed E-state index contributed by atoms with van der Waals surface area (Å²) in [5.74, 6) is 0.0491. The smallest absolute Gasteiger partial charge is 0.172 e. The van der Waals surface area contributed by atoms with E-state index in [9.17, 15) is 20.9 Å². The fourth-order valence-corrected chi connectivity index (χ4v) is 8.74. The summed E-state index contributed by atoms with van der Waals surface area (Å²) in [6.45, 7) is 4.38. The van der Waals surface area contributed by atoms with Crippen molar-refractivity contribution in [2.45, 2.75) is 19.4 Å². The molecule has 1 N–H and O–H groups in total. The summed E-state index contributed by atoms with van der Waals surface area (Å²) in [5, 5.41) is 40.1. The zero-order chi connectivity index (χ0) is 29.6. The fraction of sp³-hybridized carbons (Fsp3) is 0.182. The van der Waals surface area contributed by atoms with E-state index in [1.165, 1.54) is 34.6 Å². The van der Waals surface area contributed by atoms with E-state index in [-0.39, 0.29) is 23.5 Å². The number of rotatable bonds is 6. The van der Waals surface area contributed by atoms with Gasteiger partial charge in [0.2, 0.25) is 0 Å². The molecule has 2 aromatic carbocycles. The maximum atomic E-state index is 9.81. The second-order valence-electron chi connectivity index (χ2n) is 10.4. The zero-order valence-corrected chi connectivity index (χ0v) is 25.5. The van der Waals surface area contributed by atoms with Crippen molar-refractivity contribution in [3.05, 3.63) is 82.0 Å². The number of hydrogen-bond acceptors (Lipinski definition) is 9. The summed E-state index contributed by atoms with van der Waals surface area (Å²) in [6.07, 6.45) is 3.83. The van der Waals surface area contributed by atoms with Gasteiger partial charge >= 0.3 is 0 Å². The first-order chi connectivity index (χ1) is 20.3. The number of fused-ring (bicyclic) bond motifs is 4. The molecule has 0 bridgehead atoms. The summed E-state index contributed by atoms with van der Waals surface area (Å²) in [7, 11) is 1.98. The van der Waals surface area contributed by atoms with Crippen molar-refractivity contribution in [3.63, 3.8) is 0 Å². The molecule has 0 radical (unpaired) electrons. The van der Waals surface area contributed by atoms with E-state index in [1.54, 1.807) is 22.7 Å². The number of aliphatic hydroxyl groups is 1. The minimum Gasteiger partial charge on any atom is -0.480 e. The van der Waals surface area contributed by atoms with Crippen LogP contribution in [0.3, 0.4) is 0 Å². The predicted octanol–water partition coefficient (Wildman–Crippen LogP) is 8.37. The number of anilines is 1. The van der Waals surface area contributed by atoms with Gasteiger partial charge in [-0.25, -0.2) is 0 Å². The van der Waals surface area contributed by atoms with Gasteiger partial charge in [-0.1, -0.05) is 18.2 Å². The summed E-state index contributed by atoms with van der Waals surface area (Å²) in [4.78, 5) is 4.31. The van der Waals surface area contributed by atoms with Crippen LogP contribution in [0.25, 0.3) is 46.1 Å². The van der Waals surface area contributed by atoms with Crippen LogP contribution in [0.4, 0.5) is 5.69 Å². The summed E-state index contributed by atoms with van der Waals surface area (Å²) in [5.41, 5.74) is 2.09. The maximum Gasteiger partial charge on any atom is 0.172 e. The Labute approximate surface area is 255 Å². The molecule has 6 rings (SSSR count). The lowest BCUT2D eigenvalue weighted by Crippen LogP contribution is -2.20. The van der Waals surface area contributed by atoms with Crippen LogP contribution in [-0.2, 0) is 4.74 Å². The van der Waals surface area contributed by atoms with E-state index in [1.807, 2.05) is 61.4 Å². The number of hydrogen-bond donors (Lipinski definition) is 1. The first-order valence-electron chi connectivity index (χ1n) is 13.1. The van der Waals surface area contributed by atoms with Gasteiger partial charge in [-0.05, 0) is 67.3 Å². The van der Waals surface area contributed by atoms with Crippen LogP contribution in [0, 0.1) is 34.0 Å². The topological polar surface area (TPSA) is 104 Å². The molecular weight excluding hydrogens is 581 g/mol. The van der Waals surface area contributed by atoms with Crippen LogP contribution in [-0.4, -0.2) is 30.9 Å². The minimum absolute atomic E-state index is 0.0491. The molecule has 1 aliphatic heterocycles. The predicted molar refractivity (Wildman–Crippen MR) is 173 cm³/mol. The molecule has 0 amide bonds. The molecule has 42 heavy (non-hydrogen) atoms. The first-order valence-corrected chi connectivity index (χ1v) is 15.6. The monoisotopic (exact) mass is 604 g/mol. The highest BCUT2D eigenvalue weighted by Gasteiger charge is 2.38. The highest BCUT2D eigenvalue weighted by Crippen LogP contribution is 2.46. The number of likely N-dealkylation sites (N-methyl/N-ethyl adjacent to an activating group) is 1.